The van der Waals surface area contributed by atoms with Crippen molar-refractivity contribution in [2.24, 2.45) is 0 Å². The lowest BCUT2D eigenvalue weighted by atomic mass is 10.2. The summed E-state index contributed by atoms with van der Waals surface area (Å²) < 4.78 is 2.23. The number of nitrogens with one attached hydrogen (secondary N) is 1. The van der Waals surface area contributed by atoms with E-state index in [4.69, 9.17) is 11.6 Å². The highest BCUT2D eigenvalue weighted by Crippen LogP contribution is 2.50. The van der Waals surface area contributed by atoms with Crippen LogP contribution in [0.4, 0.5) is 0 Å². The van der Waals surface area contributed by atoms with Crippen molar-refractivity contribution in [3.63, 3.8) is 0 Å². The Labute approximate surface area is 170 Å². The van der Waals surface area contributed by atoms with Gasteiger partial charge in [-0.15, -0.1) is 0 Å². The lowest BCUT2D eigenvalue weighted by molar-refractivity contribution is 0.0696. The van der Waals surface area contributed by atoms with Gasteiger partial charge in [0.05, 0.1) is 23.0 Å². The predicted molar refractivity (Wildman–Crippen MR) is 110 cm³/mol. The molecular weight excluding hydrogens is 394 g/mol. The maximum atomic E-state index is 11.4. The van der Waals surface area contributed by atoms with Gasteiger partial charge >= 0.3 is 5.97 Å². The first-order chi connectivity index (χ1) is 13.6. The summed E-state index contributed by atoms with van der Waals surface area (Å²) in [6, 6.07) is 13.0. The second-order valence-electron chi connectivity index (χ2n) is 6.88. The highest BCUT2D eigenvalue weighted by Gasteiger charge is 2.33. The monoisotopic (exact) mass is 409 g/mol. The first-order valence-electron chi connectivity index (χ1n) is 8.96. The zero-order valence-electron chi connectivity index (χ0n) is 14.7. The SMILES string of the molecule is O=C(O)c1cccc(Sc2c(C3CC3)n(-c3cn[nH]c3)c3cc(Cl)ccc23)c1. The molecular formula is C21H16ClN3O2S. The van der Waals surface area contributed by atoms with Gasteiger partial charge in [-0.1, -0.05) is 35.5 Å². The number of H-pyrrole nitrogens is 1. The molecule has 7 heteroatoms. The molecule has 2 N–H and O–H groups in total. The van der Waals surface area contributed by atoms with Crippen molar-refractivity contribution in [3.8, 4) is 5.69 Å². The molecule has 1 fully saturated rings. The Morgan fingerprint density at radius 3 is 2.82 bits per heavy atom. The summed E-state index contributed by atoms with van der Waals surface area (Å²) in [6.07, 6.45) is 5.98. The van der Waals surface area contributed by atoms with Crippen molar-refractivity contribution in [3.05, 3.63) is 71.1 Å². The molecule has 2 heterocycles. The van der Waals surface area contributed by atoms with Crippen LogP contribution in [-0.4, -0.2) is 25.8 Å². The van der Waals surface area contributed by atoms with E-state index >= 15 is 0 Å². The Hall–Kier alpha value is -2.70. The number of nitrogens with zero attached hydrogens (tertiary/aromatic N) is 2. The Balaban J connectivity index is 1.73. The minimum Gasteiger partial charge on any atom is -0.478 e. The highest BCUT2D eigenvalue weighted by atomic mass is 35.5. The van der Waals surface area contributed by atoms with Crippen LogP contribution in [-0.2, 0) is 0 Å². The smallest absolute Gasteiger partial charge is 0.335 e. The van der Waals surface area contributed by atoms with E-state index in [0.29, 0.717) is 16.5 Å². The number of rotatable bonds is 5. The van der Waals surface area contributed by atoms with E-state index in [0.717, 1.165) is 39.2 Å². The first kappa shape index (κ1) is 17.4. The summed E-state index contributed by atoms with van der Waals surface area (Å²) in [5, 5.41) is 18.1. The highest BCUT2D eigenvalue weighted by molar-refractivity contribution is 7.99. The average Bonchev–Trinajstić information content (AvgIpc) is 3.28. The number of aromatic amines is 1. The summed E-state index contributed by atoms with van der Waals surface area (Å²) >= 11 is 7.93. The van der Waals surface area contributed by atoms with Gasteiger partial charge in [-0.25, -0.2) is 4.79 Å². The number of carbonyl (C=O) groups is 1. The van der Waals surface area contributed by atoms with E-state index in [1.54, 1.807) is 30.0 Å². The molecule has 5 rings (SSSR count). The average molecular weight is 410 g/mol. The van der Waals surface area contributed by atoms with Crippen LogP contribution < -0.4 is 0 Å². The van der Waals surface area contributed by atoms with Gasteiger partial charge in [0.15, 0.2) is 0 Å². The number of aromatic nitrogens is 3. The standard InChI is InChI=1S/C21H16ClN3O2S/c22-14-6-7-17-18(9-14)25(15-10-23-24-11-15)19(12-4-5-12)20(17)28-16-3-1-2-13(8-16)21(26)27/h1-3,6-12H,4-5H2,(H,23,24)(H,26,27). The zero-order valence-corrected chi connectivity index (χ0v) is 16.3. The lowest BCUT2D eigenvalue weighted by Crippen LogP contribution is -1.98. The lowest BCUT2D eigenvalue weighted by Gasteiger charge is -2.10. The summed E-state index contributed by atoms with van der Waals surface area (Å²) in [5.74, 6) is -0.441. The zero-order chi connectivity index (χ0) is 19.3. The minimum absolute atomic E-state index is 0.291. The number of carboxylic acid groups (broad SMARTS) is 1. The van der Waals surface area contributed by atoms with Crippen LogP contribution in [0.5, 0.6) is 0 Å². The van der Waals surface area contributed by atoms with Gasteiger partial charge in [0, 0.05) is 38.0 Å². The third-order valence-electron chi connectivity index (χ3n) is 4.93. The van der Waals surface area contributed by atoms with Gasteiger partial charge in [-0.3, -0.25) is 5.10 Å². The normalized spacial score (nSPS) is 13.9. The number of hydrogen-bond donors (Lipinski definition) is 2. The maximum Gasteiger partial charge on any atom is 0.335 e. The van der Waals surface area contributed by atoms with Gasteiger partial charge in [0.25, 0.3) is 0 Å². The largest absolute Gasteiger partial charge is 0.478 e. The van der Waals surface area contributed by atoms with Crippen LogP contribution in [0.1, 0.15) is 34.8 Å². The van der Waals surface area contributed by atoms with Gasteiger partial charge < -0.3 is 9.67 Å². The summed E-state index contributed by atoms with van der Waals surface area (Å²) in [6.45, 7) is 0. The molecule has 0 radical (unpaired) electrons. The predicted octanol–water partition coefficient (Wildman–Crippen LogP) is 5.73. The molecule has 0 atom stereocenters. The quantitative estimate of drug-likeness (QED) is 0.441. The third kappa shape index (κ3) is 2.99. The molecule has 2 aromatic heterocycles. The first-order valence-corrected chi connectivity index (χ1v) is 10.2. The molecule has 1 aliphatic carbocycles. The molecule has 1 saturated carbocycles. The summed E-state index contributed by atoms with van der Waals surface area (Å²) in [4.78, 5) is 13.4. The Morgan fingerprint density at radius 1 is 1.25 bits per heavy atom. The molecule has 4 aromatic rings. The van der Waals surface area contributed by atoms with Crippen LogP contribution in [0, 0.1) is 0 Å². The molecule has 1 aliphatic rings. The summed E-state index contributed by atoms with van der Waals surface area (Å²) in [5.41, 5.74) is 3.54. The molecule has 28 heavy (non-hydrogen) atoms. The Morgan fingerprint density at radius 2 is 2.11 bits per heavy atom. The molecule has 0 bridgehead atoms. The number of benzene rings is 2. The molecule has 0 aliphatic heterocycles. The number of aromatic carboxylic acids is 1. The minimum atomic E-state index is -0.919. The fraction of sp³-hybridized carbons (Fsp3) is 0.143. The number of carboxylic acids is 1. The number of hydrogen-bond acceptors (Lipinski definition) is 3. The van der Waals surface area contributed by atoms with E-state index in [9.17, 15) is 9.90 Å². The van der Waals surface area contributed by atoms with Gasteiger partial charge in [-0.2, -0.15) is 5.10 Å². The molecule has 140 valence electrons. The summed E-state index contributed by atoms with van der Waals surface area (Å²) in [7, 11) is 0. The number of fused-ring (bicyclic) bond motifs is 1. The topological polar surface area (TPSA) is 70.9 Å². The van der Waals surface area contributed by atoms with Crippen molar-refractivity contribution in [2.75, 3.05) is 0 Å². The fourth-order valence-corrected chi connectivity index (χ4v) is 4.92. The van der Waals surface area contributed by atoms with E-state index in [1.807, 2.05) is 36.7 Å². The van der Waals surface area contributed by atoms with Gasteiger partial charge in [0.1, 0.15) is 0 Å². The van der Waals surface area contributed by atoms with E-state index < -0.39 is 5.97 Å². The van der Waals surface area contributed by atoms with Gasteiger partial charge in [0.2, 0.25) is 0 Å². The fourth-order valence-electron chi connectivity index (χ4n) is 3.54. The number of halogens is 1. The van der Waals surface area contributed by atoms with Crippen LogP contribution in [0.2, 0.25) is 5.02 Å². The maximum absolute atomic E-state index is 11.4. The van der Waals surface area contributed by atoms with Crippen molar-refractivity contribution in [2.45, 2.75) is 28.6 Å². The molecule has 0 amide bonds. The van der Waals surface area contributed by atoms with E-state index in [1.165, 1.54) is 5.69 Å². The van der Waals surface area contributed by atoms with Crippen molar-refractivity contribution in [1.82, 2.24) is 14.8 Å². The van der Waals surface area contributed by atoms with Crippen molar-refractivity contribution < 1.29 is 9.90 Å². The second-order valence-corrected chi connectivity index (χ2v) is 8.40. The van der Waals surface area contributed by atoms with E-state index in [2.05, 4.69) is 14.8 Å². The van der Waals surface area contributed by atoms with Crippen LogP contribution in [0.25, 0.3) is 16.6 Å². The third-order valence-corrected chi connectivity index (χ3v) is 6.28. The second kappa shape index (κ2) is 6.72. The molecule has 0 spiro atoms. The van der Waals surface area contributed by atoms with Crippen LogP contribution in [0.15, 0.2) is 64.6 Å². The molecule has 2 aromatic carbocycles. The van der Waals surface area contributed by atoms with Crippen molar-refractivity contribution >= 4 is 40.2 Å². The van der Waals surface area contributed by atoms with Gasteiger partial charge in [-0.05, 0) is 43.2 Å². The molecule has 0 unspecified atom stereocenters. The molecule has 0 saturated heterocycles. The van der Waals surface area contributed by atoms with Crippen molar-refractivity contribution in [1.29, 1.82) is 0 Å². The van der Waals surface area contributed by atoms with Crippen LogP contribution in [0.3, 0.4) is 0 Å². The van der Waals surface area contributed by atoms with E-state index in [-0.39, 0.29) is 0 Å². The molecule has 5 nitrogen and oxygen atoms in total. The van der Waals surface area contributed by atoms with Crippen LogP contribution >= 0.6 is 23.4 Å². The Kier molecular flexibility index (Phi) is 4.18. The Bertz CT molecular complexity index is 1200.